The Kier molecular flexibility index (Phi) is 4.72. The molecule has 1 aromatic carbocycles. The van der Waals surface area contributed by atoms with Gasteiger partial charge in [-0.25, -0.2) is 4.98 Å². The third kappa shape index (κ3) is 3.05. The van der Waals surface area contributed by atoms with Gasteiger partial charge in [0.2, 0.25) is 0 Å². The molecule has 0 saturated carbocycles. The van der Waals surface area contributed by atoms with Crippen LogP contribution in [0.25, 0.3) is 11.0 Å². The van der Waals surface area contributed by atoms with Gasteiger partial charge in [-0.15, -0.1) is 11.6 Å². The fourth-order valence-corrected chi connectivity index (χ4v) is 3.58. The number of benzene rings is 1. The first-order valence-corrected chi connectivity index (χ1v) is 8.55. The second-order valence-electron chi connectivity index (χ2n) is 5.78. The molecule has 1 saturated heterocycles. The summed E-state index contributed by atoms with van der Waals surface area (Å²) in [7, 11) is 0. The van der Waals surface area contributed by atoms with E-state index in [9.17, 15) is 0 Å². The van der Waals surface area contributed by atoms with E-state index in [-0.39, 0.29) is 0 Å². The molecule has 1 unspecified atom stereocenters. The summed E-state index contributed by atoms with van der Waals surface area (Å²) in [5.41, 5.74) is 2.02. The normalized spacial score (nSPS) is 17.7. The summed E-state index contributed by atoms with van der Waals surface area (Å²) < 4.78 is 2.30. The standard InChI is InChI=1S/C16H21Cl2N3/c1-12(20-9-2-3-10-20)11-21-14-6-4-5-13(18)16(14)19-15(21)7-8-17/h4-6,12H,2-3,7-11H2,1H3. The number of rotatable bonds is 5. The Morgan fingerprint density at radius 1 is 1.29 bits per heavy atom. The van der Waals surface area contributed by atoms with Crippen molar-refractivity contribution in [2.45, 2.75) is 38.8 Å². The highest BCUT2D eigenvalue weighted by Gasteiger charge is 2.21. The molecule has 1 aliphatic rings. The third-order valence-electron chi connectivity index (χ3n) is 4.34. The molecular weight excluding hydrogens is 305 g/mol. The zero-order valence-corrected chi connectivity index (χ0v) is 13.9. The zero-order chi connectivity index (χ0) is 14.8. The molecule has 1 atom stereocenters. The number of nitrogens with zero attached hydrogens (tertiary/aromatic N) is 3. The van der Waals surface area contributed by atoms with Crippen molar-refractivity contribution in [3.05, 3.63) is 29.0 Å². The summed E-state index contributed by atoms with van der Waals surface area (Å²) in [5.74, 6) is 1.62. The number of imidazole rings is 1. The van der Waals surface area contributed by atoms with Gasteiger partial charge in [-0.2, -0.15) is 0 Å². The molecule has 0 amide bonds. The number of hydrogen-bond acceptors (Lipinski definition) is 2. The maximum Gasteiger partial charge on any atom is 0.111 e. The van der Waals surface area contributed by atoms with Crippen LogP contribution in [-0.4, -0.2) is 39.5 Å². The average Bonchev–Trinajstić information content (AvgIpc) is 3.10. The molecule has 1 aromatic heterocycles. The van der Waals surface area contributed by atoms with Gasteiger partial charge in [0, 0.05) is 24.9 Å². The Morgan fingerprint density at radius 2 is 2.05 bits per heavy atom. The summed E-state index contributed by atoms with van der Waals surface area (Å²) in [6.07, 6.45) is 3.41. The number of alkyl halides is 1. The number of aryl methyl sites for hydroxylation is 1. The monoisotopic (exact) mass is 325 g/mol. The summed E-state index contributed by atoms with van der Waals surface area (Å²) in [6.45, 7) is 5.66. The summed E-state index contributed by atoms with van der Waals surface area (Å²) >= 11 is 12.2. The molecule has 3 nitrogen and oxygen atoms in total. The molecule has 0 N–H and O–H groups in total. The molecule has 2 heterocycles. The lowest BCUT2D eigenvalue weighted by Gasteiger charge is -2.25. The average molecular weight is 326 g/mol. The van der Waals surface area contributed by atoms with E-state index in [1.54, 1.807) is 0 Å². The van der Waals surface area contributed by atoms with Gasteiger partial charge in [0.05, 0.1) is 10.5 Å². The molecule has 0 bridgehead atoms. The number of para-hydroxylation sites is 1. The van der Waals surface area contributed by atoms with Crippen molar-refractivity contribution in [1.29, 1.82) is 0 Å². The van der Waals surface area contributed by atoms with Gasteiger partial charge in [0.15, 0.2) is 0 Å². The molecule has 1 aliphatic heterocycles. The van der Waals surface area contributed by atoms with E-state index in [2.05, 4.69) is 22.5 Å². The van der Waals surface area contributed by atoms with E-state index >= 15 is 0 Å². The highest BCUT2D eigenvalue weighted by atomic mass is 35.5. The molecule has 0 spiro atoms. The minimum atomic E-state index is 0.512. The Morgan fingerprint density at radius 3 is 2.76 bits per heavy atom. The van der Waals surface area contributed by atoms with Crippen LogP contribution in [0.5, 0.6) is 0 Å². The largest absolute Gasteiger partial charge is 0.326 e. The van der Waals surface area contributed by atoms with E-state index in [4.69, 9.17) is 28.2 Å². The van der Waals surface area contributed by atoms with Crippen LogP contribution in [-0.2, 0) is 13.0 Å². The van der Waals surface area contributed by atoms with Gasteiger partial charge >= 0.3 is 0 Å². The first-order valence-electron chi connectivity index (χ1n) is 7.64. The molecule has 1 fully saturated rings. The first kappa shape index (κ1) is 15.1. The van der Waals surface area contributed by atoms with Crippen LogP contribution in [0.3, 0.4) is 0 Å². The number of likely N-dealkylation sites (tertiary alicyclic amines) is 1. The van der Waals surface area contributed by atoms with E-state index in [0.717, 1.165) is 34.8 Å². The summed E-state index contributed by atoms with van der Waals surface area (Å²) in [6, 6.07) is 6.50. The van der Waals surface area contributed by atoms with E-state index in [1.165, 1.54) is 25.9 Å². The second-order valence-corrected chi connectivity index (χ2v) is 6.56. The van der Waals surface area contributed by atoms with E-state index < -0.39 is 0 Å². The van der Waals surface area contributed by atoms with Crippen LogP contribution in [0.15, 0.2) is 18.2 Å². The van der Waals surface area contributed by atoms with Crippen LogP contribution in [0.2, 0.25) is 5.02 Å². The lowest BCUT2D eigenvalue weighted by molar-refractivity contribution is 0.236. The Balaban J connectivity index is 1.94. The smallest absolute Gasteiger partial charge is 0.111 e. The number of halogens is 2. The zero-order valence-electron chi connectivity index (χ0n) is 12.4. The highest BCUT2D eigenvalue weighted by molar-refractivity contribution is 6.34. The molecule has 114 valence electrons. The Bertz CT molecular complexity index is 617. The first-order chi connectivity index (χ1) is 10.2. The fraction of sp³-hybridized carbons (Fsp3) is 0.562. The maximum atomic E-state index is 6.29. The fourth-order valence-electron chi connectivity index (χ4n) is 3.20. The predicted octanol–water partition coefficient (Wildman–Crippen LogP) is 3.96. The van der Waals surface area contributed by atoms with Gasteiger partial charge < -0.3 is 4.57 Å². The van der Waals surface area contributed by atoms with Gasteiger partial charge in [-0.1, -0.05) is 17.7 Å². The number of aromatic nitrogens is 2. The second kappa shape index (κ2) is 6.55. The topological polar surface area (TPSA) is 21.1 Å². The van der Waals surface area contributed by atoms with Crippen LogP contribution in [0, 0.1) is 0 Å². The van der Waals surface area contributed by atoms with Crippen LogP contribution < -0.4 is 0 Å². The van der Waals surface area contributed by atoms with Crippen molar-refractivity contribution in [2.24, 2.45) is 0 Å². The van der Waals surface area contributed by atoms with Gasteiger partial charge in [0.1, 0.15) is 11.3 Å². The minimum Gasteiger partial charge on any atom is -0.326 e. The SMILES string of the molecule is CC(Cn1c(CCCl)nc2c(Cl)cccc21)N1CCCC1. The lowest BCUT2D eigenvalue weighted by atomic mass is 10.2. The molecule has 0 aliphatic carbocycles. The highest BCUT2D eigenvalue weighted by Crippen LogP contribution is 2.25. The van der Waals surface area contributed by atoms with Crippen LogP contribution in [0.1, 0.15) is 25.6 Å². The van der Waals surface area contributed by atoms with Gasteiger partial charge in [0.25, 0.3) is 0 Å². The number of hydrogen-bond donors (Lipinski definition) is 0. The Hall–Kier alpha value is -0.770. The van der Waals surface area contributed by atoms with Crippen molar-refractivity contribution in [3.63, 3.8) is 0 Å². The third-order valence-corrected chi connectivity index (χ3v) is 4.83. The van der Waals surface area contributed by atoms with Crippen molar-refractivity contribution >= 4 is 34.2 Å². The lowest BCUT2D eigenvalue weighted by Crippen LogP contribution is -2.34. The van der Waals surface area contributed by atoms with Gasteiger partial charge in [-0.05, 0) is 45.0 Å². The molecule has 2 aromatic rings. The molecular formula is C16H21Cl2N3. The van der Waals surface area contributed by atoms with Crippen molar-refractivity contribution in [3.8, 4) is 0 Å². The summed E-state index contributed by atoms with van der Waals surface area (Å²) in [5, 5.41) is 0.718. The van der Waals surface area contributed by atoms with E-state index in [0.29, 0.717) is 11.9 Å². The van der Waals surface area contributed by atoms with Crippen molar-refractivity contribution in [1.82, 2.24) is 14.5 Å². The Labute approximate surface area is 135 Å². The van der Waals surface area contributed by atoms with Gasteiger partial charge in [-0.3, -0.25) is 4.90 Å². The quantitative estimate of drug-likeness (QED) is 0.776. The predicted molar refractivity (Wildman–Crippen MR) is 89.4 cm³/mol. The molecule has 3 rings (SSSR count). The maximum absolute atomic E-state index is 6.29. The van der Waals surface area contributed by atoms with Crippen molar-refractivity contribution in [2.75, 3.05) is 19.0 Å². The molecule has 0 radical (unpaired) electrons. The van der Waals surface area contributed by atoms with E-state index in [1.807, 2.05) is 12.1 Å². The van der Waals surface area contributed by atoms with Crippen LogP contribution in [0.4, 0.5) is 0 Å². The van der Waals surface area contributed by atoms with Crippen molar-refractivity contribution < 1.29 is 0 Å². The minimum absolute atomic E-state index is 0.512. The van der Waals surface area contributed by atoms with Crippen LogP contribution >= 0.6 is 23.2 Å². The molecule has 21 heavy (non-hydrogen) atoms. The molecule has 5 heteroatoms. The number of fused-ring (bicyclic) bond motifs is 1. The summed E-state index contributed by atoms with van der Waals surface area (Å²) in [4.78, 5) is 7.27.